The zero-order chi connectivity index (χ0) is 57.3. The van der Waals surface area contributed by atoms with E-state index in [4.69, 9.17) is 28.7 Å². The summed E-state index contributed by atoms with van der Waals surface area (Å²) >= 11 is 0. The van der Waals surface area contributed by atoms with Crippen LogP contribution in [0.15, 0.2) is 96.0 Å². The first-order valence-corrected chi connectivity index (χ1v) is 30.5. The number of amides is 1. The highest BCUT2D eigenvalue weighted by atomic mass is 32.2. The Bertz CT molecular complexity index is 3580. The van der Waals surface area contributed by atoms with Crippen molar-refractivity contribution in [2.75, 3.05) is 80.9 Å². The van der Waals surface area contributed by atoms with Crippen molar-refractivity contribution < 1.29 is 50.6 Å². The second-order valence-corrected chi connectivity index (χ2v) is 25.4. The number of aromatic nitrogens is 2. The summed E-state index contributed by atoms with van der Waals surface area (Å²) in [6.07, 6.45) is 6.20. The third-order valence-electron chi connectivity index (χ3n) is 18.7. The largest absolute Gasteiger partial charge is 0.491 e. The highest BCUT2D eigenvalue weighted by molar-refractivity contribution is 7.90. The second kappa shape index (κ2) is 22.1. The number of piperidine rings is 1. The van der Waals surface area contributed by atoms with Gasteiger partial charge in [0.1, 0.15) is 29.8 Å². The van der Waals surface area contributed by atoms with Crippen LogP contribution in [0.3, 0.4) is 0 Å². The van der Waals surface area contributed by atoms with Gasteiger partial charge in [-0.1, -0.05) is 31.2 Å². The van der Waals surface area contributed by atoms with E-state index in [0.29, 0.717) is 74.2 Å². The molecule has 0 radical (unpaired) electrons. The fraction of sp³-hybridized carbons (Fsp3) is 0.475. The van der Waals surface area contributed by atoms with Crippen LogP contribution in [0.25, 0.3) is 11.0 Å². The van der Waals surface area contributed by atoms with Crippen LogP contribution in [0, 0.1) is 39.0 Å². The smallest absolute Gasteiger partial charge is 0.297 e. The third-order valence-corrected chi connectivity index (χ3v) is 20.0. The molecule has 7 aliphatic rings. The molecule has 1 amide bonds. The van der Waals surface area contributed by atoms with E-state index in [0.717, 1.165) is 92.3 Å². The molecule has 6 aliphatic heterocycles. The molecule has 2 aromatic heterocycles. The Morgan fingerprint density at radius 3 is 2.51 bits per heavy atom. The van der Waals surface area contributed by atoms with Gasteiger partial charge in [-0.3, -0.25) is 24.7 Å². The van der Waals surface area contributed by atoms with Crippen LogP contribution in [-0.2, 0) is 26.0 Å². The number of rotatable bonds is 13. The van der Waals surface area contributed by atoms with Gasteiger partial charge in [0, 0.05) is 100 Å². The zero-order valence-corrected chi connectivity index (χ0v) is 47.5. The van der Waals surface area contributed by atoms with Crippen LogP contribution in [0.1, 0.15) is 86.8 Å². The van der Waals surface area contributed by atoms with E-state index in [2.05, 4.69) is 53.7 Å². The van der Waals surface area contributed by atoms with Crippen LogP contribution in [0.2, 0.25) is 0 Å². The molecule has 1 spiro atoms. The van der Waals surface area contributed by atoms with Gasteiger partial charge in [-0.25, -0.2) is 21.9 Å². The van der Waals surface area contributed by atoms with E-state index in [-0.39, 0.29) is 65.8 Å². The summed E-state index contributed by atoms with van der Waals surface area (Å²) in [6, 6.07) is 23.7. The maximum atomic E-state index is 15.0. The van der Waals surface area contributed by atoms with Gasteiger partial charge in [-0.05, 0) is 124 Å². The molecule has 6 atom stereocenters. The van der Waals surface area contributed by atoms with E-state index in [1.807, 2.05) is 50.2 Å². The molecule has 13 rings (SSSR count). The Morgan fingerprint density at radius 2 is 1.72 bits per heavy atom. The number of halogens is 2. The number of aromatic amines is 1. The molecule has 22 heteroatoms. The minimum atomic E-state index is -4.74. The van der Waals surface area contributed by atoms with Gasteiger partial charge in [0.05, 0.1) is 51.9 Å². The molecule has 8 heterocycles. The number of para-hydroxylation sites is 1. The van der Waals surface area contributed by atoms with Crippen molar-refractivity contribution in [2.45, 2.75) is 107 Å². The van der Waals surface area contributed by atoms with Gasteiger partial charge in [0.15, 0.2) is 23.1 Å². The lowest BCUT2D eigenvalue weighted by atomic mass is 9.53. The second-order valence-electron chi connectivity index (χ2n) is 23.8. The van der Waals surface area contributed by atoms with Crippen molar-refractivity contribution in [1.29, 1.82) is 0 Å². The van der Waals surface area contributed by atoms with Gasteiger partial charge < -0.3 is 43.8 Å². The summed E-state index contributed by atoms with van der Waals surface area (Å²) in [7, 11) is -4.74. The number of nitro benzene ring substituents is 1. The van der Waals surface area contributed by atoms with Crippen LogP contribution in [0.4, 0.5) is 37.2 Å². The first kappa shape index (κ1) is 55.1. The number of carbonyl (C=O) groups is 1. The van der Waals surface area contributed by atoms with Gasteiger partial charge in [-0.15, -0.1) is 0 Å². The number of fused-ring (bicyclic) bond motifs is 4. The number of hydrogen-bond donors (Lipinski definition) is 3. The van der Waals surface area contributed by atoms with Crippen molar-refractivity contribution in [2.24, 2.45) is 17.3 Å². The quantitative estimate of drug-likeness (QED) is 0.0727. The third kappa shape index (κ3) is 10.5. The summed E-state index contributed by atoms with van der Waals surface area (Å²) in [5.74, 6) is -0.930. The molecule has 438 valence electrons. The van der Waals surface area contributed by atoms with E-state index < -0.39 is 49.2 Å². The SMILES string of the molecule is CC(C)Oc1ccccc1[C@@H]1CN(Cc2ccc(F)c(F)c2)CCN1[C@H]1CC2(CCN(c3ccc(C(=O)NS(=O)(=O)c4cc5c(c([N+](=O)[O-])c4)N[C@H](C4CCOCC4)CO5)c(N4c5cc6cc[nH]c6nc5O[C@H]5COCC[C@@H]54)c3)CC2)[C@@H]1C. The number of piperazine rings is 1. The highest BCUT2D eigenvalue weighted by Gasteiger charge is 2.56. The van der Waals surface area contributed by atoms with Crippen molar-refractivity contribution >= 4 is 55.4 Å². The molecular weight excluding hydrogens is 1090 g/mol. The molecule has 0 bridgehead atoms. The number of ether oxygens (including phenoxy) is 5. The summed E-state index contributed by atoms with van der Waals surface area (Å²) in [5.41, 5.74) is 4.13. The zero-order valence-electron chi connectivity index (χ0n) is 46.7. The van der Waals surface area contributed by atoms with Crippen molar-refractivity contribution in [3.8, 4) is 17.4 Å². The Kier molecular flexibility index (Phi) is 14.7. The Balaban J connectivity index is 0.782. The Morgan fingerprint density at radius 1 is 0.916 bits per heavy atom. The molecule has 0 unspecified atom stereocenters. The predicted octanol–water partition coefficient (Wildman–Crippen LogP) is 9.50. The molecule has 83 heavy (non-hydrogen) atoms. The molecule has 19 nitrogen and oxygen atoms in total. The van der Waals surface area contributed by atoms with E-state index in [1.165, 1.54) is 18.2 Å². The molecule has 4 saturated heterocycles. The fourth-order valence-electron chi connectivity index (χ4n) is 14.2. The standard InChI is InChI=1S/C61H69F2N9O10S/c1-36(2)81-54-7-5-4-6-43(54)53-33-68(32-38-8-11-45(62)46(63)26-38)21-22-70(53)52-31-61(37(52)3)16-19-69(20-17-61)41-9-10-44(49(28-41)71-48-15-25-79-35-56(48)82-60-51(71)27-40-12-18-64-58(40)66-60)59(73)67-83(76,77)42-29-50(72(74)75)57-55(30-42)80-34-47(65-57)39-13-23-78-24-14-39/h4-12,18,26-30,36-37,39,47-48,52-53,56,65H,13-17,19-25,31-35H2,1-3H3,(H,64,66)(H,67,73)/t37-,47+,48+,52+,53+,56+/m1/s1. The first-order chi connectivity index (χ1) is 40.1. The van der Waals surface area contributed by atoms with E-state index in [1.54, 1.807) is 18.3 Å². The summed E-state index contributed by atoms with van der Waals surface area (Å²) in [5, 5.41) is 16.7. The van der Waals surface area contributed by atoms with E-state index in [9.17, 15) is 32.1 Å². The molecule has 1 saturated carbocycles. The number of hydrogen-bond acceptors (Lipinski definition) is 16. The van der Waals surface area contributed by atoms with Crippen LogP contribution < -0.4 is 34.0 Å². The monoisotopic (exact) mass is 1160 g/mol. The lowest BCUT2D eigenvalue weighted by molar-refractivity contribution is -0.384. The number of benzene rings is 4. The fourth-order valence-corrected chi connectivity index (χ4v) is 15.2. The average Bonchev–Trinajstić information content (AvgIpc) is 4.15. The van der Waals surface area contributed by atoms with Crippen LogP contribution in [-0.4, -0.2) is 135 Å². The summed E-state index contributed by atoms with van der Waals surface area (Å²) < 4.78 is 90.1. The number of sulfonamides is 1. The molecule has 6 aromatic rings. The average molecular weight is 1160 g/mol. The number of nitro groups is 1. The van der Waals surface area contributed by atoms with E-state index >= 15 is 0 Å². The minimum Gasteiger partial charge on any atom is -0.491 e. The number of nitrogens with one attached hydrogen (secondary N) is 3. The number of nitrogens with zero attached hydrogens (tertiary/aromatic N) is 6. The van der Waals surface area contributed by atoms with Crippen LogP contribution >= 0.6 is 0 Å². The molecule has 3 N–H and O–H groups in total. The van der Waals surface area contributed by atoms with Gasteiger partial charge in [-0.2, -0.15) is 4.98 Å². The summed E-state index contributed by atoms with van der Waals surface area (Å²) in [4.78, 5) is 43.8. The normalized spacial score (nSPS) is 24.7. The molecule has 5 fully saturated rings. The minimum absolute atomic E-state index is 0.000351. The lowest BCUT2D eigenvalue weighted by Crippen LogP contribution is -2.64. The first-order valence-electron chi connectivity index (χ1n) is 29.0. The maximum absolute atomic E-state index is 15.0. The topological polar surface area (TPSA) is 206 Å². The Labute approximate surface area is 480 Å². The highest BCUT2D eigenvalue weighted by Crippen LogP contribution is 2.58. The van der Waals surface area contributed by atoms with Gasteiger partial charge >= 0.3 is 0 Å². The number of pyridine rings is 1. The molecule has 4 aromatic carbocycles. The van der Waals surface area contributed by atoms with Gasteiger partial charge in [0.2, 0.25) is 5.88 Å². The van der Waals surface area contributed by atoms with Gasteiger partial charge in [0.25, 0.3) is 21.6 Å². The van der Waals surface area contributed by atoms with Crippen molar-refractivity contribution in [3.63, 3.8) is 0 Å². The summed E-state index contributed by atoms with van der Waals surface area (Å²) in [6.45, 7) is 12.7. The lowest BCUT2D eigenvalue weighted by Gasteiger charge is -2.62. The molecular formula is C61H69F2N9O10S. The molecule has 1 aliphatic carbocycles. The Hall–Kier alpha value is -7.11. The number of carbonyl (C=O) groups excluding carboxylic acids is 1. The van der Waals surface area contributed by atoms with Crippen molar-refractivity contribution in [3.05, 3.63) is 130 Å². The predicted molar refractivity (Wildman–Crippen MR) is 307 cm³/mol. The van der Waals surface area contributed by atoms with Crippen LogP contribution in [0.5, 0.6) is 17.4 Å². The number of H-pyrrole nitrogens is 1. The maximum Gasteiger partial charge on any atom is 0.297 e. The number of anilines is 4. The van der Waals surface area contributed by atoms with Crippen molar-refractivity contribution in [1.82, 2.24) is 24.5 Å².